The zero-order chi connectivity index (χ0) is 23.2. The van der Waals surface area contributed by atoms with Crippen LogP contribution in [-0.2, 0) is 21.4 Å². The summed E-state index contributed by atoms with van der Waals surface area (Å²) in [5.41, 5.74) is 2.49. The zero-order valence-electron chi connectivity index (χ0n) is 18.8. The van der Waals surface area contributed by atoms with Crippen molar-refractivity contribution in [3.63, 3.8) is 0 Å². The predicted octanol–water partition coefficient (Wildman–Crippen LogP) is 3.13. The molecule has 2 aliphatic rings. The number of aromatic nitrogens is 2. The van der Waals surface area contributed by atoms with Crippen LogP contribution in [0, 0.1) is 19.8 Å². The highest BCUT2D eigenvalue weighted by atomic mass is 32.2. The van der Waals surface area contributed by atoms with Gasteiger partial charge in [-0.05, 0) is 44.4 Å². The minimum absolute atomic E-state index is 0.00923. The number of fused-ring (bicyclic) bond motifs is 1. The van der Waals surface area contributed by atoms with E-state index in [0.717, 1.165) is 17.8 Å². The van der Waals surface area contributed by atoms with Crippen molar-refractivity contribution in [3.8, 4) is 0 Å². The highest BCUT2D eigenvalue weighted by molar-refractivity contribution is 7.89. The van der Waals surface area contributed by atoms with Crippen LogP contribution < -0.4 is 0 Å². The maximum atomic E-state index is 13.8. The van der Waals surface area contributed by atoms with E-state index < -0.39 is 10.0 Å². The van der Waals surface area contributed by atoms with E-state index in [9.17, 15) is 13.2 Å². The zero-order valence-corrected chi connectivity index (χ0v) is 19.7. The summed E-state index contributed by atoms with van der Waals surface area (Å²) in [6, 6.07) is 13.9. The van der Waals surface area contributed by atoms with E-state index in [4.69, 9.17) is 4.52 Å². The Morgan fingerprint density at radius 2 is 1.85 bits per heavy atom. The van der Waals surface area contributed by atoms with Gasteiger partial charge in [-0.1, -0.05) is 35.5 Å². The summed E-state index contributed by atoms with van der Waals surface area (Å²) in [5.74, 6) is -0.0985. The molecule has 0 saturated carbocycles. The maximum Gasteiger partial charge on any atom is 0.248 e. The number of amides is 1. The van der Waals surface area contributed by atoms with Gasteiger partial charge in [0.25, 0.3) is 0 Å². The van der Waals surface area contributed by atoms with E-state index in [1.165, 1.54) is 4.31 Å². The van der Waals surface area contributed by atoms with Gasteiger partial charge in [0.05, 0.1) is 12.0 Å². The molecule has 33 heavy (non-hydrogen) atoms. The Bertz CT molecular complexity index is 1250. The highest BCUT2D eigenvalue weighted by Gasteiger charge is 2.40. The van der Waals surface area contributed by atoms with Crippen molar-refractivity contribution in [2.75, 3.05) is 19.6 Å². The Hall–Kier alpha value is -2.91. The number of aryl methyl sites for hydroxylation is 2. The number of nitrogens with zero attached hydrogens (tertiary/aromatic N) is 4. The fourth-order valence-electron chi connectivity index (χ4n) is 5.18. The van der Waals surface area contributed by atoms with Crippen LogP contribution >= 0.6 is 0 Å². The van der Waals surface area contributed by atoms with Crippen molar-refractivity contribution in [3.05, 3.63) is 71.4 Å². The van der Waals surface area contributed by atoms with E-state index in [0.29, 0.717) is 31.6 Å². The number of sulfonamides is 1. The van der Waals surface area contributed by atoms with E-state index in [1.807, 2.05) is 47.5 Å². The summed E-state index contributed by atoms with van der Waals surface area (Å²) < 4.78 is 35.4. The monoisotopic (exact) mass is 468 g/mol. The number of carbonyl (C=O) groups excluding carboxylic acids is 1. The molecule has 174 valence electrons. The number of hydrogen-bond acceptors (Lipinski definition) is 5. The third-order valence-electron chi connectivity index (χ3n) is 6.74. The van der Waals surface area contributed by atoms with Crippen LogP contribution in [0.1, 0.15) is 41.6 Å². The third kappa shape index (κ3) is 3.79. The lowest BCUT2D eigenvalue weighted by Crippen LogP contribution is -2.50. The van der Waals surface area contributed by atoms with Crippen molar-refractivity contribution in [1.29, 1.82) is 0 Å². The Kier molecular flexibility index (Phi) is 5.62. The second-order valence-corrected chi connectivity index (χ2v) is 10.7. The summed E-state index contributed by atoms with van der Waals surface area (Å²) >= 11 is 0. The molecule has 3 aromatic rings. The number of benzene rings is 1. The Labute approximate surface area is 193 Å². The minimum Gasteiger partial charge on any atom is -0.360 e. The summed E-state index contributed by atoms with van der Waals surface area (Å²) in [7, 11) is -3.78. The molecule has 0 spiro atoms. The van der Waals surface area contributed by atoms with Gasteiger partial charge in [0.1, 0.15) is 10.6 Å². The van der Waals surface area contributed by atoms with E-state index in [2.05, 4.69) is 15.8 Å². The van der Waals surface area contributed by atoms with Gasteiger partial charge >= 0.3 is 0 Å². The van der Waals surface area contributed by atoms with Gasteiger partial charge in [0.2, 0.25) is 15.9 Å². The van der Waals surface area contributed by atoms with Crippen LogP contribution in [0.25, 0.3) is 0 Å². The Morgan fingerprint density at radius 1 is 1.06 bits per heavy atom. The molecule has 2 atom stereocenters. The third-order valence-corrected chi connectivity index (χ3v) is 8.85. The fourth-order valence-corrected chi connectivity index (χ4v) is 6.99. The van der Waals surface area contributed by atoms with Crippen molar-refractivity contribution in [2.24, 2.45) is 5.92 Å². The van der Waals surface area contributed by atoms with Gasteiger partial charge in [-0.3, -0.25) is 4.79 Å². The Balaban J connectivity index is 1.43. The van der Waals surface area contributed by atoms with Gasteiger partial charge in [-0.25, -0.2) is 8.42 Å². The van der Waals surface area contributed by atoms with Crippen LogP contribution in [0.3, 0.4) is 0 Å². The summed E-state index contributed by atoms with van der Waals surface area (Å²) in [6.45, 7) is 5.11. The molecule has 2 unspecified atom stereocenters. The molecule has 5 rings (SSSR count). The van der Waals surface area contributed by atoms with Crippen LogP contribution in [0.15, 0.2) is 58.1 Å². The van der Waals surface area contributed by atoms with Gasteiger partial charge in [0.15, 0.2) is 5.76 Å². The normalized spacial score (nSPS) is 21.7. The maximum absolute atomic E-state index is 13.8. The first kappa shape index (κ1) is 21.9. The van der Waals surface area contributed by atoms with Crippen LogP contribution in [0.4, 0.5) is 0 Å². The Morgan fingerprint density at radius 3 is 2.58 bits per heavy atom. The highest BCUT2D eigenvalue weighted by Crippen LogP contribution is 2.35. The molecule has 0 aliphatic carbocycles. The van der Waals surface area contributed by atoms with Gasteiger partial charge < -0.3 is 14.0 Å². The quantitative estimate of drug-likeness (QED) is 0.587. The molecule has 1 aromatic carbocycles. The first-order valence-corrected chi connectivity index (χ1v) is 12.8. The van der Waals surface area contributed by atoms with E-state index >= 15 is 0 Å². The van der Waals surface area contributed by atoms with Crippen LogP contribution in [-0.4, -0.2) is 52.9 Å². The van der Waals surface area contributed by atoms with Crippen molar-refractivity contribution in [2.45, 2.75) is 44.2 Å². The SMILES string of the molecule is Cc1noc(C)c1S(=O)(=O)N1CCCC(C(=O)N2CCn3cccc3C2c2ccccc2)C1. The molecule has 2 aromatic heterocycles. The smallest absolute Gasteiger partial charge is 0.248 e. The second kappa shape index (κ2) is 8.46. The molecule has 0 bridgehead atoms. The van der Waals surface area contributed by atoms with Crippen LogP contribution in [0.5, 0.6) is 0 Å². The van der Waals surface area contributed by atoms with Crippen molar-refractivity contribution < 1.29 is 17.7 Å². The lowest BCUT2D eigenvalue weighted by Gasteiger charge is -2.41. The van der Waals surface area contributed by atoms with Crippen molar-refractivity contribution >= 4 is 15.9 Å². The van der Waals surface area contributed by atoms with Gasteiger partial charge in [-0.15, -0.1) is 0 Å². The summed E-state index contributed by atoms with van der Waals surface area (Å²) in [4.78, 5) is 15.9. The average Bonchev–Trinajstić information content (AvgIpc) is 3.44. The molecule has 8 nitrogen and oxygen atoms in total. The molecule has 9 heteroatoms. The second-order valence-electron chi connectivity index (χ2n) is 8.83. The molecule has 2 aliphatic heterocycles. The number of carbonyl (C=O) groups is 1. The molecular formula is C24H28N4O4S. The van der Waals surface area contributed by atoms with E-state index in [-0.39, 0.29) is 35.1 Å². The van der Waals surface area contributed by atoms with Crippen LogP contribution in [0.2, 0.25) is 0 Å². The number of hydrogen-bond donors (Lipinski definition) is 0. The molecule has 1 saturated heterocycles. The molecule has 4 heterocycles. The standard InChI is InChI=1S/C24H28N4O4S/c1-17-23(18(2)32-25-17)33(30,31)27-13-6-10-20(16-27)24(29)28-15-14-26-12-7-11-21(26)22(28)19-8-4-3-5-9-19/h3-5,7-9,11-12,20,22H,6,10,13-16H2,1-2H3. The van der Waals surface area contributed by atoms with Crippen molar-refractivity contribution in [1.82, 2.24) is 18.9 Å². The molecule has 1 amide bonds. The molecule has 0 N–H and O–H groups in total. The molecule has 0 radical (unpaired) electrons. The molecule has 1 fully saturated rings. The summed E-state index contributed by atoms with van der Waals surface area (Å²) in [6.07, 6.45) is 3.36. The molecular weight excluding hydrogens is 440 g/mol. The first-order chi connectivity index (χ1) is 15.9. The number of rotatable bonds is 4. The fraction of sp³-hybridized carbons (Fsp3) is 0.417. The topological polar surface area (TPSA) is 88.7 Å². The predicted molar refractivity (Wildman–Crippen MR) is 122 cm³/mol. The summed E-state index contributed by atoms with van der Waals surface area (Å²) in [5, 5.41) is 3.81. The number of piperidine rings is 1. The first-order valence-electron chi connectivity index (χ1n) is 11.3. The lowest BCUT2D eigenvalue weighted by molar-refractivity contribution is -0.139. The largest absolute Gasteiger partial charge is 0.360 e. The average molecular weight is 469 g/mol. The van der Waals surface area contributed by atoms with E-state index in [1.54, 1.807) is 13.8 Å². The van der Waals surface area contributed by atoms with Gasteiger partial charge in [-0.2, -0.15) is 4.31 Å². The van der Waals surface area contributed by atoms with Gasteiger partial charge in [0, 0.05) is 38.1 Å². The lowest BCUT2D eigenvalue weighted by atomic mass is 9.94. The minimum atomic E-state index is -3.78.